The predicted molar refractivity (Wildman–Crippen MR) is 79.5 cm³/mol. The van der Waals surface area contributed by atoms with E-state index in [1.54, 1.807) is 24.3 Å². The molecule has 0 aromatic heterocycles. The molecule has 1 unspecified atom stereocenters. The first kappa shape index (κ1) is 14.4. The van der Waals surface area contributed by atoms with E-state index < -0.39 is 6.10 Å². The number of hydrogen-bond donors (Lipinski definition) is 1. The Kier molecular flexibility index (Phi) is 4.23. The zero-order valence-electron chi connectivity index (χ0n) is 11.9. The Balaban J connectivity index is 1.50. The number of para-hydroxylation sites is 2. The van der Waals surface area contributed by atoms with Gasteiger partial charge in [0.05, 0.1) is 0 Å². The number of fused-ring (bicyclic) bond motifs is 1. The van der Waals surface area contributed by atoms with Gasteiger partial charge in [-0.15, -0.1) is 0 Å². The van der Waals surface area contributed by atoms with Crippen LogP contribution in [0.5, 0.6) is 11.5 Å². The topological polar surface area (TPSA) is 47.6 Å². The van der Waals surface area contributed by atoms with Crippen molar-refractivity contribution < 1.29 is 18.7 Å². The summed E-state index contributed by atoms with van der Waals surface area (Å²) >= 11 is 0. The van der Waals surface area contributed by atoms with Gasteiger partial charge in [-0.2, -0.15) is 0 Å². The van der Waals surface area contributed by atoms with Gasteiger partial charge in [0.15, 0.2) is 11.5 Å². The fourth-order valence-electron chi connectivity index (χ4n) is 2.24. The lowest BCUT2D eigenvalue weighted by molar-refractivity contribution is -0.130. The molecule has 1 N–H and O–H groups in total. The molecule has 5 heteroatoms. The Morgan fingerprint density at radius 1 is 1.14 bits per heavy atom. The van der Waals surface area contributed by atoms with Gasteiger partial charge >= 0.3 is 0 Å². The maximum atomic E-state index is 12.8. The predicted octanol–water partition coefficient (Wildman–Crippen LogP) is 2.32. The number of ether oxygens (including phenoxy) is 2. The van der Waals surface area contributed by atoms with Crippen LogP contribution in [-0.2, 0) is 11.2 Å². The van der Waals surface area contributed by atoms with Gasteiger partial charge in [-0.25, -0.2) is 4.39 Å². The summed E-state index contributed by atoms with van der Waals surface area (Å²) in [7, 11) is 0. The molecule has 0 aliphatic carbocycles. The highest BCUT2D eigenvalue weighted by Crippen LogP contribution is 2.30. The smallest absolute Gasteiger partial charge is 0.264 e. The van der Waals surface area contributed by atoms with Gasteiger partial charge in [0, 0.05) is 6.54 Å². The number of amides is 1. The highest BCUT2D eigenvalue weighted by Gasteiger charge is 2.26. The molecule has 0 bridgehead atoms. The Labute approximate surface area is 127 Å². The Bertz CT molecular complexity index is 657. The molecule has 0 spiro atoms. The third-order valence-corrected chi connectivity index (χ3v) is 3.43. The number of benzene rings is 2. The van der Waals surface area contributed by atoms with Crippen molar-refractivity contribution in [2.75, 3.05) is 13.2 Å². The second-order valence-electron chi connectivity index (χ2n) is 5.03. The summed E-state index contributed by atoms with van der Waals surface area (Å²) in [6.07, 6.45) is -0.0148. The van der Waals surface area contributed by atoms with Crippen molar-refractivity contribution in [1.82, 2.24) is 5.32 Å². The summed E-state index contributed by atoms with van der Waals surface area (Å²) < 4.78 is 23.9. The third kappa shape index (κ3) is 3.36. The van der Waals surface area contributed by atoms with Crippen LogP contribution in [0.25, 0.3) is 0 Å². The van der Waals surface area contributed by atoms with Crippen LogP contribution in [-0.4, -0.2) is 25.2 Å². The lowest BCUT2D eigenvalue weighted by atomic mass is 10.1. The van der Waals surface area contributed by atoms with E-state index in [1.165, 1.54) is 12.1 Å². The van der Waals surface area contributed by atoms with Crippen molar-refractivity contribution in [2.45, 2.75) is 12.5 Å². The fourth-order valence-corrected chi connectivity index (χ4v) is 2.24. The van der Waals surface area contributed by atoms with Gasteiger partial charge in [-0.05, 0) is 36.2 Å². The zero-order valence-corrected chi connectivity index (χ0v) is 11.9. The molecule has 4 nitrogen and oxygen atoms in total. The first-order valence-corrected chi connectivity index (χ1v) is 7.13. The van der Waals surface area contributed by atoms with E-state index in [9.17, 15) is 9.18 Å². The van der Waals surface area contributed by atoms with Crippen molar-refractivity contribution in [3.8, 4) is 11.5 Å². The molecule has 2 aromatic rings. The van der Waals surface area contributed by atoms with Crippen LogP contribution in [0, 0.1) is 5.82 Å². The van der Waals surface area contributed by atoms with Gasteiger partial charge in [0.25, 0.3) is 5.91 Å². The van der Waals surface area contributed by atoms with Gasteiger partial charge in [-0.1, -0.05) is 24.3 Å². The average Bonchev–Trinajstić information content (AvgIpc) is 2.56. The molecule has 22 heavy (non-hydrogen) atoms. The van der Waals surface area contributed by atoms with E-state index in [-0.39, 0.29) is 18.3 Å². The molecule has 1 aliphatic rings. The van der Waals surface area contributed by atoms with Gasteiger partial charge in [0.1, 0.15) is 12.4 Å². The molecule has 2 aromatic carbocycles. The van der Waals surface area contributed by atoms with Crippen LogP contribution in [0.1, 0.15) is 5.56 Å². The minimum atomic E-state index is -0.650. The molecule has 3 rings (SSSR count). The lowest BCUT2D eigenvalue weighted by Gasteiger charge is -2.25. The number of nitrogens with one attached hydrogen (secondary N) is 1. The number of carbonyl (C=O) groups excluding carboxylic acids is 1. The maximum absolute atomic E-state index is 12.8. The second kappa shape index (κ2) is 6.47. The molecular weight excluding hydrogens is 285 g/mol. The van der Waals surface area contributed by atoms with Crippen LogP contribution in [0.3, 0.4) is 0 Å². The molecular formula is C17H16FNO3. The average molecular weight is 301 g/mol. The van der Waals surface area contributed by atoms with Crippen molar-refractivity contribution in [3.63, 3.8) is 0 Å². The number of rotatable bonds is 4. The standard InChI is InChI=1S/C17H16FNO3/c18-13-7-5-12(6-8-13)9-10-19-17(20)16-11-21-14-3-1-2-4-15(14)22-16/h1-8,16H,9-11H2,(H,19,20). The molecule has 1 amide bonds. The molecule has 1 aliphatic heterocycles. The first-order chi connectivity index (χ1) is 10.7. The summed E-state index contributed by atoms with van der Waals surface area (Å²) in [5.74, 6) is 0.751. The minimum Gasteiger partial charge on any atom is -0.485 e. The highest BCUT2D eigenvalue weighted by molar-refractivity contribution is 5.81. The van der Waals surface area contributed by atoms with Gasteiger partial charge in [-0.3, -0.25) is 4.79 Å². The van der Waals surface area contributed by atoms with E-state index in [0.717, 1.165) is 5.56 Å². The van der Waals surface area contributed by atoms with Crippen molar-refractivity contribution in [2.24, 2.45) is 0 Å². The molecule has 0 saturated heterocycles. The van der Waals surface area contributed by atoms with E-state index in [4.69, 9.17) is 9.47 Å². The number of hydrogen-bond acceptors (Lipinski definition) is 3. The summed E-state index contributed by atoms with van der Waals surface area (Å²) in [6, 6.07) is 13.5. The largest absolute Gasteiger partial charge is 0.485 e. The van der Waals surface area contributed by atoms with E-state index in [2.05, 4.69) is 5.32 Å². The summed E-state index contributed by atoms with van der Waals surface area (Å²) in [5, 5.41) is 2.81. The second-order valence-corrected chi connectivity index (χ2v) is 5.03. The van der Waals surface area contributed by atoms with E-state index >= 15 is 0 Å². The van der Waals surface area contributed by atoms with Crippen LogP contribution in [0.4, 0.5) is 4.39 Å². The molecule has 1 heterocycles. The van der Waals surface area contributed by atoms with E-state index in [1.807, 2.05) is 12.1 Å². The number of halogens is 1. The monoisotopic (exact) mass is 301 g/mol. The van der Waals surface area contributed by atoms with Gasteiger partial charge < -0.3 is 14.8 Å². The van der Waals surface area contributed by atoms with Crippen molar-refractivity contribution >= 4 is 5.91 Å². The molecule has 0 radical (unpaired) electrons. The fraction of sp³-hybridized carbons (Fsp3) is 0.235. The molecule has 114 valence electrons. The SMILES string of the molecule is O=C(NCCc1ccc(F)cc1)C1COc2ccccc2O1. The number of carbonyl (C=O) groups is 1. The van der Waals surface area contributed by atoms with Crippen LogP contribution < -0.4 is 14.8 Å². The summed E-state index contributed by atoms with van der Waals surface area (Å²) in [4.78, 5) is 12.1. The zero-order chi connectivity index (χ0) is 15.4. The van der Waals surface area contributed by atoms with Crippen LogP contribution in [0.2, 0.25) is 0 Å². The highest BCUT2D eigenvalue weighted by atomic mass is 19.1. The summed E-state index contributed by atoms with van der Waals surface area (Å²) in [5.41, 5.74) is 0.966. The third-order valence-electron chi connectivity index (χ3n) is 3.43. The summed E-state index contributed by atoms with van der Waals surface area (Å²) in [6.45, 7) is 0.658. The Morgan fingerprint density at radius 3 is 2.64 bits per heavy atom. The molecule has 0 saturated carbocycles. The minimum absolute atomic E-state index is 0.194. The molecule has 0 fully saturated rings. The first-order valence-electron chi connectivity index (χ1n) is 7.13. The Hall–Kier alpha value is -2.56. The van der Waals surface area contributed by atoms with Crippen molar-refractivity contribution in [3.05, 3.63) is 59.9 Å². The van der Waals surface area contributed by atoms with Crippen LogP contribution in [0.15, 0.2) is 48.5 Å². The van der Waals surface area contributed by atoms with Crippen molar-refractivity contribution in [1.29, 1.82) is 0 Å². The quantitative estimate of drug-likeness (QED) is 0.943. The van der Waals surface area contributed by atoms with Gasteiger partial charge in [0.2, 0.25) is 6.10 Å². The lowest BCUT2D eigenvalue weighted by Crippen LogP contribution is -2.44. The Morgan fingerprint density at radius 2 is 1.86 bits per heavy atom. The normalized spacial score (nSPS) is 16.1. The molecule has 1 atom stereocenters. The van der Waals surface area contributed by atoms with Crippen LogP contribution >= 0.6 is 0 Å². The van der Waals surface area contributed by atoms with E-state index in [0.29, 0.717) is 24.5 Å². The maximum Gasteiger partial charge on any atom is 0.264 e.